The van der Waals surface area contributed by atoms with Crippen LogP contribution in [0.5, 0.6) is 0 Å². The van der Waals surface area contributed by atoms with Gasteiger partial charge in [0.2, 0.25) is 0 Å². The van der Waals surface area contributed by atoms with Crippen LogP contribution in [0.15, 0.2) is 82.6 Å². The van der Waals surface area contributed by atoms with E-state index in [1.807, 2.05) is 48.5 Å². The standard InChI is InChI=1S/C25H18N2O5S/c1-15(26-23(29)16-8-2-3-9-17(16)24(26)30)25(31)32-14-22(28)27-18-10-4-6-12-20(18)33-21-13-7-5-11-19(21)27/h2-13,15H,14H2,1H3/t15-/m1/s1. The molecule has 3 aromatic rings. The van der Waals surface area contributed by atoms with Gasteiger partial charge < -0.3 is 4.74 Å². The predicted octanol–water partition coefficient (Wildman–Crippen LogP) is 4.04. The third-order valence-electron chi connectivity index (χ3n) is 5.57. The molecule has 5 rings (SSSR count). The van der Waals surface area contributed by atoms with Gasteiger partial charge in [0.1, 0.15) is 6.04 Å². The first kappa shape index (κ1) is 21.0. The molecule has 2 aliphatic rings. The van der Waals surface area contributed by atoms with E-state index in [4.69, 9.17) is 4.74 Å². The Balaban J connectivity index is 1.33. The van der Waals surface area contributed by atoms with E-state index in [0.717, 1.165) is 14.7 Å². The Morgan fingerprint density at radius 1 is 0.818 bits per heavy atom. The van der Waals surface area contributed by atoms with Gasteiger partial charge in [0.25, 0.3) is 17.7 Å². The molecular weight excluding hydrogens is 440 g/mol. The SMILES string of the molecule is C[C@H](C(=O)OCC(=O)N1c2ccccc2Sc2ccccc21)N1C(=O)c2ccccc2C1=O. The van der Waals surface area contributed by atoms with Gasteiger partial charge in [-0.25, -0.2) is 4.79 Å². The molecule has 0 N–H and O–H groups in total. The number of hydrogen-bond donors (Lipinski definition) is 0. The number of fused-ring (bicyclic) bond motifs is 3. The molecule has 0 radical (unpaired) electrons. The summed E-state index contributed by atoms with van der Waals surface area (Å²) >= 11 is 1.56. The topological polar surface area (TPSA) is 84.0 Å². The van der Waals surface area contributed by atoms with Crippen LogP contribution in [0.3, 0.4) is 0 Å². The second-order valence-electron chi connectivity index (χ2n) is 7.58. The smallest absolute Gasteiger partial charge is 0.329 e. The van der Waals surface area contributed by atoms with Gasteiger partial charge in [-0.2, -0.15) is 0 Å². The second kappa shape index (κ2) is 8.22. The number of benzene rings is 3. The summed E-state index contributed by atoms with van der Waals surface area (Å²) in [5.41, 5.74) is 1.90. The Morgan fingerprint density at radius 2 is 1.30 bits per heavy atom. The maximum absolute atomic E-state index is 13.2. The van der Waals surface area contributed by atoms with Crippen LogP contribution in [0.4, 0.5) is 11.4 Å². The van der Waals surface area contributed by atoms with Gasteiger partial charge in [-0.1, -0.05) is 48.2 Å². The largest absolute Gasteiger partial charge is 0.454 e. The number of anilines is 2. The molecule has 1 atom stereocenters. The summed E-state index contributed by atoms with van der Waals surface area (Å²) in [4.78, 5) is 55.4. The first-order chi connectivity index (χ1) is 16.0. The van der Waals surface area contributed by atoms with Crippen LogP contribution in [-0.4, -0.2) is 41.2 Å². The number of carbonyl (C=O) groups excluding carboxylic acids is 4. The van der Waals surface area contributed by atoms with Crippen LogP contribution in [0, 0.1) is 0 Å². The summed E-state index contributed by atoms with van der Waals surface area (Å²) in [6, 6.07) is 20.2. The number of amides is 3. The zero-order valence-electron chi connectivity index (χ0n) is 17.6. The van der Waals surface area contributed by atoms with Crippen molar-refractivity contribution in [1.82, 2.24) is 4.90 Å². The second-order valence-corrected chi connectivity index (χ2v) is 8.66. The minimum absolute atomic E-state index is 0.247. The molecule has 7 nitrogen and oxygen atoms in total. The average Bonchev–Trinajstić information content (AvgIpc) is 3.10. The fraction of sp³-hybridized carbons (Fsp3) is 0.120. The lowest BCUT2D eigenvalue weighted by molar-refractivity contribution is -0.151. The Labute approximate surface area is 193 Å². The van der Waals surface area contributed by atoms with Crippen molar-refractivity contribution in [1.29, 1.82) is 0 Å². The van der Waals surface area contributed by atoms with Crippen molar-refractivity contribution in [3.63, 3.8) is 0 Å². The third kappa shape index (κ3) is 3.48. The normalized spacial score (nSPS) is 14.9. The highest BCUT2D eigenvalue weighted by Crippen LogP contribution is 2.47. The van der Waals surface area contributed by atoms with Gasteiger partial charge in [0, 0.05) is 9.79 Å². The zero-order chi connectivity index (χ0) is 23.1. The van der Waals surface area contributed by atoms with Gasteiger partial charge in [-0.15, -0.1) is 0 Å². The summed E-state index contributed by atoms with van der Waals surface area (Å²) in [5.74, 6) is -2.37. The highest BCUT2D eigenvalue weighted by Gasteiger charge is 2.41. The minimum Gasteiger partial charge on any atom is -0.454 e. The van der Waals surface area contributed by atoms with Gasteiger partial charge >= 0.3 is 5.97 Å². The summed E-state index contributed by atoms with van der Waals surface area (Å²) in [6.45, 7) is 0.885. The quantitative estimate of drug-likeness (QED) is 0.433. The van der Waals surface area contributed by atoms with E-state index >= 15 is 0 Å². The van der Waals surface area contributed by atoms with Crippen LogP contribution >= 0.6 is 11.8 Å². The summed E-state index contributed by atoms with van der Waals surface area (Å²) in [6.07, 6.45) is 0. The molecule has 2 heterocycles. The molecule has 0 saturated carbocycles. The van der Waals surface area contributed by atoms with Crippen molar-refractivity contribution in [3.8, 4) is 0 Å². The van der Waals surface area contributed by atoms with Crippen LogP contribution in [0.1, 0.15) is 27.6 Å². The highest BCUT2D eigenvalue weighted by molar-refractivity contribution is 7.99. The van der Waals surface area contributed by atoms with Crippen molar-refractivity contribution in [2.45, 2.75) is 22.8 Å². The van der Waals surface area contributed by atoms with E-state index in [1.165, 1.54) is 11.8 Å². The third-order valence-corrected chi connectivity index (χ3v) is 6.70. The molecule has 33 heavy (non-hydrogen) atoms. The molecule has 3 amide bonds. The number of esters is 1. The van der Waals surface area contributed by atoms with E-state index in [2.05, 4.69) is 0 Å². The summed E-state index contributed by atoms with van der Waals surface area (Å²) in [5, 5.41) is 0. The predicted molar refractivity (Wildman–Crippen MR) is 122 cm³/mol. The summed E-state index contributed by atoms with van der Waals surface area (Å²) in [7, 11) is 0. The van der Waals surface area contributed by atoms with Gasteiger partial charge in [0.15, 0.2) is 6.61 Å². The van der Waals surface area contributed by atoms with Crippen molar-refractivity contribution >= 4 is 46.8 Å². The Morgan fingerprint density at radius 3 is 1.85 bits per heavy atom. The van der Waals surface area contributed by atoms with Crippen molar-refractivity contribution < 1.29 is 23.9 Å². The van der Waals surface area contributed by atoms with E-state index in [0.29, 0.717) is 11.4 Å². The molecule has 0 unspecified atom stereocenters. The van der Waals surface area contributed by atoms with Gasteiger partial charge in [0.05, 0.1) is 22.5 Å². The minimum atomic E-state index is -1.17. The molecule has 8 heteroatoms. The number of hydrogen-bond acceptors (Lipinski definition) is 6. The van der Waals surface area contributed by atoms with Crippen LogP contribution in [0.25, 0.3) is 0 Å². The molecule has 0 bridgehead atoms. The van der Waals surface area contributed by atoms with Crippen LogP contribution < -0.4 is 4.90 Å². The first-order valence-electron chi connectivity index (χ1n) is 10.3. The number of imide groups is 1. The van der Waals surface area contributed by atoms with Crippen molar-refractivity contribution in [2.24, 2.45) is 0 Å². The van der Waals surface area contributed by atoms with E-state index < -0.39 is 36.3 Å². The lowest BCUT2D eigenvalue weighted by Gasteiger charge is -2.31. The lowest BCUT2D eigenvalue weighted by atomic mass is 10.1. The van der Waals surface area contributed by atoms with Gasteiger partial charge in [-0.05, 0) is 43.3 Å². The molecule has 0 aliphatic carbocycles. The number of carbonyl (C=O) groups is 4. The average molecular weight is 458 g/mol. The van der Waals surface area contributed by atoms with Crippen molar-refractivity contribution in [2.75, 3.05) is 11.5 Å². The van der Waals surface area contributed by atoms with E-state index in [1.54, 1.807) is 36.0 Å². The van der Waals surface area contributed by atoms with E-state index in [-0.39, 0.29) is 11.1 Å². The van der Waals surface area contributed by atoms with Crippen LogP contribution in [-0.2, 0) is 14.3 Å². The van der Waals surface area contributed by atoms with Crippen molar-refractivity contribution in [3.05, 3.63) is 83.9 Å². The molecule has 164 valence electrons. The fourth-order valence-corrected chi connectivity index (χ4v) is 5.01. The first-order valence-corrected chi connectivity index (χ1v) is 11.1. The van der Waals surface area contributed by atoms with E-state index in [9.17, 15) is 19.2 Å². The lowest BCUT2D eigenvalue weighted by Crippen LogP contribution is -2.44. The molecule has 0 fully saturated rings. The Hall–Kier alpha value is -3.91. The maximum atomic E-state index is 13.2. The number of ether oxygens (including phenoxy) is 1. The molecule has 3 aromatic carbocycles. The molecule has 0 spiro atoms. The number of para-hydroxylation sites is 2. The molecular formula is C25H18N2O5S. The Bertz CT molecular complexity index is 1240. The number of rotatable bonds is 4. The zero-order valence-corrected chi connectivity index (χ0v) is 18.4. The number of nitrogens with zero attached hydrogens (tertiary/aromatic N) is 2. The Kier molecular flexibility index (Phi) is 5.22. The fourth-order valence-electron chi connectivity index (χ4n) is 3.96. The molecule has 0 saturated heterocycles. The molecule has 2 aliphatic heterocycles. The summed E-state index contributed by atoms with van der Waals surface area (Å²) < 4.78 is 5.27. The molecule has 0 aromatic heterocycles. The van der Waals surface area contributed by atoms with Crippen LogP contribution in [0.2, 0.25) is 0 Å². The highest BCUT2D eigenvalue weighted by atomic mass is 32.2. The monoisotopic (exact) mass is 458 g/mol. The van der Waals surface area contributed by atoms with Gasteiger partial charge in [-0.3, -0.25) is 24.2 Å². The maximum Gasteiger partial charge on any atom is 0.329 e.